The molecular formula is C18H15NO4. The fourth-order valence-corrected chi connectivity index (χ4v) is 1.99. The molecule has 2 aromatic rings. The minimum atomic E-state index is -0.929. The van der Waals surface area contributed by atoms with E-state index in [1.54, 1.807) is 36.4 Å². The number of ketones is 1. The maximum absolute atomic E-state index is 12.3. The molecule has 5 heteroatoms. The third kappa shape index (κ3) is 3.95. The first kappa shape index (κ1) is 16.2. The van der Waals surface area contributed by atoms with Crippen LogP contribution >= 0.6 is 0 Å². The van der Waals surface area contributed by atoms with E-state index in [0.29, 0.717) is 16.9 Å². The highest BCUT2D eigenvalue weighted by Gasteiger charge is 2.20. The summed E-state index contributed by atoms with van der Waals surface area (Å²) in [6.45, 7) is 1.51. The summed E-state index contributed by atoms with van der Waals surface area (Å²) in [5.74, 6) is -0.312. The number of esters is 1. The molecule has 0 heterocycles. The van der Waals surface area contributed by atoms with E-state index in [9.17, 15) is 9.59 Å². The van der Waals surface area contributed by atoms with Crippen LogP contribution in [0.25, 0.3) is 0 Å². The molecule has 116 valence electrons. The molecule has 1 atom stereocenters. The minimum Gasteiger partial charge on any atom is -0.497 e. The molecular weight excluding hydrogens is 294 g/mol. The van der Waals surface area contributed by atoms with Crippen LogP contribution < -0.4 is 4.74 Å². The van der Waals surface area contributed by atoms with Gasteiger partial charge in [-0.25, -0.2) is 4.79 Å². The van der Waals surface area contributed by atoms with Crippen molar-refractivity contribution in [3.63, 3.8) is 0 Å². The van der Waals surface area contributed by atoms with Gasteiger partial charge in [0.25, 0.3) is 0 Å². The van der Waals surface area contributed by atoms with Gasteiger partial charge in [-0.2, -0.15) is 5.26 Å². The van der Waals surface area contributed by atoms with Crippen LogP contribution in [0.1, 0.15) is 33.2 Å². The molecule has 2 rings (SSSR count). The lowest BCUT2D eigenvalue weighted by Gasteiger charge is -2.12. The maximum atomic E-state index is 12.3. The highest BCUT2D eigenvalue weighted by Crippen LogP contribution is 2.15. The summed E-state index contributed by atoms with van der Waals surface area (Å²) in [6.07, 6.45) is -0.929. The first-order chi connectivity index (χ1) is 11.0. The van der Waals surface area contributed by atoms with Gasteiger partial charge in [0, 0.05) is 5.56 Å². The van der Waals surface area contributed by atoms with Crippen molar-refractivity contribution in [1.29, 1.82) is 5.26 Å². The van der Waals surface area contributed by atoms with E-state index < -0.39 is 12.1 Å². The molecule has 0 radical (unpaired) electrons. The Hall–Kier alpha value is -3.13. The molecule has 0 aliphatic heterocycles. The molecule has 0 unspecified atom stereocenters. The van der Waals surface area contributed by atoms with Crippen molar-refractivity contribution < 1.29 is 19.1 Å². The van der Waals surface area contributed by atoms with Crippen LogP contribution in [0.3, 0.4) is 0 Å². The van der Waals surface area contributed by atoms with Crippen molar-refractivity contribution in [3.05, 3.63) is 65.2 Å². The second kappa shape index (κ2) is 7.23. The lowest BCUT2D eigenvalue weighted by Crippen LogP contribution is -2.24. The van der Waals surface area contributed by atoms with Crippen LogP contribution in [-0.4, -0.2) is 25.0 Å². The predicted octanol–water partition coefficient (Wildman–Crippen LogP) is 3.00. The Bertz CT molecular complexity index is 759. The Balaban J connectivity index is 2.07. The van der Waals surface area contributed by atoms with Gasteiger partial charge < -0.3 is 9.47 Å². The Kier molecular flexibility index (Phi) is 5.11. The summed E-state index contributed by atoms with van der Waals surface area (Å²) < 4.78 is 10.2. The zero-order valence-electron chi connectivity index (χ0n) is 12.8. The Labute approximate surface area is 134 Å². The molecule has 0 amide bonds. The third-order valence-corrected chi connectivity index (χ3v) is 3.25. The number of Topliss-reactive ketones (excluding diaryl/α,β-unsaturated/α-hetero) is 1. The molecule has 0 saturated heterocycles. The molecule has 2 aromatic carbocycles. The molecule has 0 spiro atoms. The monoisotopic (exact) mass is 309 g/mol. The van der Waals surface area contributed by atoms with Gasteiger partial charge in [-0.15, -0.1) is 0 Å². The van der Waals surface area contributed by atoms with Crippen LogP contribution in [0.4, 0.5) is 0 Å². The Morgan fingerprint density at radius 1 is 1.09 bits per heavy atom. The third-order valence-electron chi connectivity index (χ3n) is 3.25. The number of benzene rings is 2. The first-order valence-electron chi connectivity index (χ1n) is 6.94. The molecule has 0 aromatic heterocycles. The molecule has 5 nitrogen and oxygen atoms in total. The largest absolute Gasteiger partial charge is 0.497 e. The normalized spacial score (nSPS) is 11.2. The predicted molar refractivity (Wildman–Crippen MR) is 83.4 cm³/mol. The van der Waals surface area contributed by atoms with Crippen LogP contribution in [0.15, 0.2) is 48.5 Å². The fraction of sp³-hybridized carbons (Fsp3) is 0.167. The van der Waals surface area contributed by atoms with E-state index in [1.807, 2.05) is 6.07 Å². The van der Waals surface area contributed by atoms with E-state index in [0.717, 1.165) is 0 Å². The van der Waals surface area contributed by atoms with Gasteiger partial charge in [-0.3, -0.25) is 4.79 Å². The van der Waals surface area contributed by atoms with Gasteiger partial charge in [-0.05, 0) is 49.4 Å². The van der Waals surface area contributed by atoms with E-state index in [2.05, 4.69) is 0 Å². The summed E-state index contributed by atoms with van der Waals surface area (Å²) in [6, 6.07) is 14.6. The number of methoxy groups -OCH3 is 1. The van der Waals surface area contributed by atoms with Gasteiger partial charge in [-0.1, -0.05) is 6.07 Å². The fourth-order valence-electron chi connectivity index (χ4n) is 1.99. The van der Waals surface area contributed by atoms with Crippen molar-refractivity contribution in [3.8, 4) is 11.8 Å². The molecule has 0 fully saturated rings. The summed E-state index contributed by atoms with van der Waals surface area (Å²) in [7, 11) is 1.54. The van der Waals surface area contributed by atoms with Gasteiger partial charge in [0.1, 0.15) is 5.75 Å². The first-order valence-corrected chi connectivity index (χ1v) is 6.94. The zero-order valence-corrected chi connectivity index (χ0v) is 12.8. The minimum absolute atomic E-state index is 0.235. The van der Waals surface area contributed by atoms with Crippen LogP contribution in [0.2, 0.25) is 0 Å². The number of ether oxygens (including phenoxy) is 2. The molecule has 0 N–H and O–H groups in total. The topological polar surface area (TPSA) is 76.4 Å². The number of hydrogen-bond acceptors (Lipinski definition) is 5. The average molecular weight is 309 g/mol. The number of carbonyl (C=O) groups is 2. The lowest BCUT2D eigenvalue weighted by atomic mass is 10.1. The average Bonchev–Trinajstić information content (AvgIpc) is 2.61. The molecule has 0 aliphatic carbocycles. The SMILES string of the molecule is COc1ccc(C(=O)[C@H](C)OC(=O)c2cccc(C#N)c2)cc1. The van der Waals surface area contributed by atoms with Gasteiger partial charge in [0.05, 0.1) is 24.3 Å². The lowest BCUT2D eigenvalue weighted by molar-refractivity contribution is 0.0319. The maximum Gasteiger partial charge on any atom is 0.338 e. The number of nitriles is 1. The summed E-state index contributed by atoms with van der Waals surface area (Å²) >= 11 is 0. The van der Waals surface area contributed by atoms with Gasteiger partial charge in [0.15, 0.2) is 6.10 Å². The van der Waals surface area contributed by atoms with Gasteiger partial charge in [0.2, 0.25) is 5.78 Å². The van der Waals surface area contributed by atoms with Crippen molar-refractivity contribution in [2.24, 2.45) is 0 Å². The molecule has 0 aliphatic rings. The molecule has 0 saturated carbocycles. The van der Waals surface area contributed by atoms with E-state index in [-0.39, 0.29) is 11.3 Å². The van der Waals surface area contributed by atoms with Crippen LogP contribution in [0, 0.1) is 11.3 Å². The second-order valence-corrected chi connectivity index (χ2v) is 4.83. The molecule has 23 heavy (non-hydrogen) atoms. The molecule has 0 bridgehead atoms. The smallest absolute Gasteiger partial charge is 0.338 e. The van der Waals surface area contributed by atoms with E-state index in [1.165, 1.54) is 26.2 Å². The zero-order chi connectivity index (χ0) is 16.8. The quantitative estimate of drug-likeness (QED) is 0.627. The van der Waals surface area contributed by atoms with Crippen LogP contribution in [0.5, 0.6) is 5.75 Å². The van der Waals surface area contributed by atoms with Crippen molar-refractivity contribution >= 4 is 11.8 Å². The number of nitrogens with zero attached hydrogens (tertiary/aromatic N) is 1. The van der Waals surface area contributed by atoms with E-state index in [4.69, 9.17) is 14.7 Å². The van der Waals surface area contributed by atoms with Crippen molar-refractivity contribution in [1.82, 2.24) is 0 Å². The Morgan fingerprint density at radius 2 is 1.78 bits per heavy atom. The van der Waals surface area contributed by atoms with Crippen molar-refractivity contribution in [2.75, 3.05) is 7.11 Å². The summed E-state index contributed by atoms with van der Waals surface area (Å²) in [4.78, 5) is 24.3. The Morgan fingerprint density at radius 3 is 2.39 bits per heavy atom. The highest BCUT2D eigenvalue weighted by atomic mass is 16.5. The number of carbonyl (C=O) groups excluding carboxylic acids is 2. The highest BCUT2D eigenvalue weighted by molar-refractivity contribution is 6.01. The second-order valence-electron chi connectivity index (χ2n) is 4.83. The van der Waals surface area contributed by atoms with Gasteiger partial charge >= 0.3 is 5.97 Å². The number of rotatable bonds is 5. The van der Waals surface area contributed by atoms with Crippen LogP contribution in [-0.2, 0) is 4.74 Å². The summed E-state index contributed by atoms with van der Waals surface area (Å²) in [5.41, 5.74) is 1.02. The summed E-state index contributed by atoms with van der Waals surface area (Å²) in [5, 5.41) is 8.84. The number of hydrogen-bond donors (Lipinski definition) is 0. The van der Waals surface area contributed by atoms with E-state index >= 15 is 0 Å². The van der Waals surface area contributed by atoms with Crippen molar-refractivity contribution in [2.45, 2.75) is 13.0 Å². The standard InChI is InChI=1S/C18H15NO4/c1-12(17(20)14-6-8-16(22-2)9-7-14)23-18(21)15-5-3-4-13(10-15)11-19/h3-10,12H,1-2H3/t12-/m0/s1.